The normalized spacial score (nSPS) is 19.8. The van der Waals surface area contributed by atoms with E-state index < -0.39 is 0 Å². The van der Waals surface area contributed by atoms with Gasteiger partial charge in [0.15, 0.2) is 0 Å². The summed E-state index contributed by atoms with van der Waals surface area (Å²) in [6.45, 7) is 14.3. The molecule has 1 atom stereocenters. The van der Waals surface area contributed by atoms with E-state index in [1.54, 1.807) is 11.5 Å². The minimum Gasteiger partial charge on any atom is -0.345 e. The van der Waals surface area contributed by atoms with Gasteiger partial charge in [0, 0.05) is 36.1 Å². The van der Waals surface area contributed by atoms with Gasteiger partial charge >= 0.3 is 0 Å². The van der Waals surface area contributed by atoms with Crippen LogP contribution in [0.15, 0.2) is 0 Å². The summed E-state index contributed by atoms with van der Waals surface area (Å²) in [6, 6.07) is 0.607. The average molecular weight is 296 g/mol. The second kappa shape index (κ2) is 6.39. The van der Waals surface area contributed by atoms with Crippen molar-refractivity contribution < 1.29 is 0 Å². The SMILES string of the molecule is CC(C)CN(CC1CCCN1)c1nc(C(C)(C)C)ns1. The van der Waals surface area contributed by atoms with E-state index in [4.69, 9.17) is 4.98 Å². The number of hydrogen-bond acceptors (Lipinski definition) is 5. The highest BCUT2D eigenvalue weighted by molar-refractivity contribution is 7.09. The first-order chi connectivity index (χ1) is 9.36. The predicted molar refractivity (Wildman–Crippen MR) is 86.7 cm³/mol. The van der Waals surface area contributed by atoms with Gasteiger partial charge in [-0.2, -0.15) is 4.37 Å². The average Bonchev–Trinajstić information content (AvgIpc) is 2.97. The molecule has 0 bridgehead atoms. The first kappa shape index (κ1) is 15.7. The summed E-state index contributed by atoms with van der Waals surface area (Å²) in [7, 11) is 0. The molecule has 4 nitrogen and oxygen atoms in total. The quantitative estimate of drug-likeness (QED) is 0.906. The van der Waals surface area contributed by atoms with E-state index >= 15 is 0 Å². The Morgan fingerprint density at radius 2 is 2.15 bits per heavy atom. The van der Waals surface area contributed by atoms with Gasteiger partial charge in [-0.15, -0.1) is 0 Å². The van der Waals surface area contributed by atoms with Gasteiger partial charge < -0.3 is 10.2 Å². The highest BCUT2D eigenvalue weighted by atomic mass is 32.1. The lowest BCUT2D eigenvalue weighted by Crippen LogP contribution is -2.39. The van der Waals surface area contributed by atoms with Crippen LogP contribution < -0.4 is 10.2 Å². The molecule has 1 N–H and O–H groups in total. The molecule has 1 fully saturated rings. The summed E-state index contributed by atoms with van der Waals surface area (Å²) in [5.41, 5.74) is 0.0316. The molecule has 1 aromatic heterocycles. The van der Waals surface area contributed by atoms with Gasteiger partial charge in [0.2, 0.25) is 5.13 Å². The van der Waals surface area contributed by atoms with Crippen LogP contribution in [0.3, 0.4) is 0 Å². The molecule has 0 aromatic carbocycles. The van der Waals surface area contributed by atoms with Crippen LogP contribution in [0.25, 0.3) is 0 Å². The third-order valence-electron chi connectivity index (χ3n) is 3.55. The minimum atomic E-state index is 0.0316. The zero-order valence-corrected chi connectivity index (χ0v) is 14.3. The van der Waals surface area contributed by atoms with Crippen LogP contribution in [0.4, 0.5) is 5.13 Å². The highest BCUT2D eigenvalue weighted by Gasteiger charge is 2.24. The lowest BCUT2D eigenvalue weighted by atomic mass is 9.96. The number of hydrogen-bond donors (Lipinski definition) is 1. The van der Waals surface area contributed by atoms with Crippen LogP contribution in [0.2, 0.25) is 0 Å². The van der Waals surface area contributed by atoms with Crippen LogP contribution in [0.1, 0.15) is 53.3 Å². The Balaban J connectivity index is 2.10. The van der Waals surface area contributed by atoms with Crippen LogP contribution in [-0.2, 0) is 5.41 Å². The maximum Gasteiger partial charge on any atom is 0.205 e. The van der Waals surface area contributed by atoms with E-state index in [1.165, 1.54) is 12.8 Å². The lowest BCUT2D eigenvalue weighted by Gasteiger charge is -2.26. The number of aromatic nitrogens is 2. The van der Waals surface area contributed by atoms with Crippen molar-refractivity contribution in [2.45, 2.75) is 58.9 Å². The molecule has 1 aromatic rings. The Morgan fingerprint density at radius 1 is 1.40 bits per heavy atom. The van der Waals surface area contributed by atoms with Gasteiger partial charge in [-0.05, 0) is 25.3 Å². The van der Waals surface area contributed by atoms with E-state index in [-0.39, 0.29) is 5.41 Å². The van der Waals surface area contributed by atoms with Crippen LogP contribution >= 0.6 is 11.5 Å². The molecule has 114 valence electrons. The molecular weight excluding hydrogens is 268 g/mol. The van der Waals surface area contributed by atoms with Gasteiger partial charge in [-0.25, -0.2) is 4.98 Å². The fourth-order valence-corrected chi connectivity index (χ4v) is 3.37. The molecule has 1 unspecified atom stereocenters. The third kappa shape index (κ3) is 4.16. The van der Waals surface area contributed by atoms with E-state index in [2.05, 4.69) is 49.2 Å². The Kier molecular flexibility index (Phi) is 5.02. The molecule has 5 heteroatoms. The maximum atomic E-state index is 4.78. The van der Waals surface area contributed by atoms with Crippen LogP contribution in [-0.4, -0.2) is 35.0 Å². The third-order valence-corrected chi connectivity index (χ3v) is 4.32. The Labute approximate surface area is 127 Å². The van der Waals surface area contributed by atoms with Gasteiger partial charge in [-0.3, -0.25) is 0 Å². The standard InChI is InChI=1S/C15H28N4S/c1-11(2)9-19(10-12-7-6-8-16-12)14-17-13(18-20-14)15(3,4)5/h11-12,16H,6-10H2,1-5H3. The number of nitrogens with one attached hydrogen (secondary N) is 1. The van der Waals surface area contributed by atoms with Crippen molar-refractivity contribution in [1.82, 2.24) is 14.7 Å². The fourth-order valence-electron chi connectivity index (χ4n) is 2.50. The van der Waals surface area contributed by atoms with Gasteiger partial charge in [-0.1, -0.05) is 34.6 Å². The predicted octanol–water partition coefficient (Wildman–Crippen LogP) is 3.05. The first-order valence-corrected chi connectivity index (χ1v) is 8.46. The summed E-state index contributed by atoms with van der Waals surface area (Å²) in [4.78, 5) is 7.20. The van der Waals surface area contributed by atoms with E-state index in [0.717, 1.165) is 30.6 Å². The minimum absolute atomic E-state index is 0.0316. The summed E-state index contributed by atoms with van der Waals surface area (Å²) in [5, 5.41) is 4.66. The van der Waals surface area contributed by atoms with E-state index in [9.17, 15) is 0 Å². The second-order valence-electron chi connectivity index (χ2n) is 7.24. The summed E-state index contributed by atoms with van der Waals surface area (Å²) in [5.74, 6) is 1.60. The Bertz CT molecular complexity index is 416. The molecule has 2 heterocycles. The summed E-state index contributed by atoms with van der Waals surface area (Å²) >= 11 is 1.55. The molecular formula is C15H28N4S. The van der Waals surface area contributed by atoms with Gasteiger partial charge in [0.1, 0.15) is 5.82 Å². The van der Waals surface area contributed by atoms with Crippen molar-refractivity contribution in [1.29, 1.82) is 0 Å². The van der Waals surface area contributed by atoms with E-state index in [0.29, 0.717) is 12.0 Å². The first-order valence-electron chi connectivity index (χ1n) is 7.69. The molecule has 0 saturated carbocycles. The molecule has 0 spiro atoms. The molecule has 1 aliphatic heterocycles. The molecule has 20 heavy (non-hydrogen) atoms. The zero-order valence-electron chi connectivity index (χ0n) is 13.4. The molecule has 0 amide bonds. The largest absolute Gasteiger partial charge is 0.345 e. The summed E-state index contributed by atoms with van der Waals surface area (Å²) < 4.78 is 4.56. The lowest BCUT2D eigenvalue weighted by molar-refractivity contribution is 0.533. The van der Waals surface area contributed by atoms with Crippen molar-refractivity contribution in [3.8, 4) is 0 Å². The van der Waals surface area contributed by atoms with Crippen molar-refractivity contribution in [2.24, 2.45) is 5.92 Å². The second-order valence-corrected chi connectivity index (χ2v) is 7.97. The number of nitrogens with zero attached hydrogens (tertiary/aromatic N) is 3. The van der Waals surface area contributed by atoms with E-state index in [1.807, 2.05) is 0 Å². The van der Waals surface area contributed by atoms with Gasteiger partial charge in [0.05, 0.1) is 0 Å². The van der Waals surface area contributed by atoms with Crippen molar-refractivity contribution in [3.63, 3.8) is 0 Å². The van der Waals surface area contributed by atoms with Crippen molar-refractivity contribution >= 4 is 16.7 Å². The fraction of sp³-hybridized carbons (Fsp3) is 0.867. The van der Waals surface area contributed by atoms with Crippen molar-refractivity contribution in [2.75, 3.05) is 24.5 Å². The number of rotatable bonds is 5. The monoisotopic (exact) mass is 296 g/mol. The zero-order chi connectivity index (χ0) is 14.8. The molecule has 0 aliphatic carbocycles. The highest BCUT2D eigenvalue weighted by Crippen LogP contribution is 2.26. The smallest absolute Gasteiger partial charge is 0.205 e. The molecule has 0 radical (unpaired) electrons. The summed E-state index contributed by atoms with van der Waals surface area (Å²) in [6.07, 6.45) is 2.57. The molecule has 1 saturated heterocycles. The topological polar surface area (TPSA) is 41.0 Å². The molecule has 2 rings (SSSR count). The maximum absolute atomic E-state index is 4.78. The van der Waals surface area contributed by atoms with Crippen molar-refractivity contribution in [3.05, 3.63) is 5.82 Å². The Morgan fingerprint density at radius 3 is 2.65 bits per heavy atom. The van der Waals surface area contributed by atoms with Crippen LogP contribution in [0, 0.1) is 5.92 Å². The number of anilines is 1. The van der Waals surface area contributed by atoms with Gasteiger partial charge in [0.25, 0.3) is 0 Å². The Hall–Kier alpha value is -0.680. The molecule has 1 aliphatic rings. The van der Waals surface area contributed by atoms with Crippen LogP contribution in [0.5, 0.6) is 0 Å².